The molecule has 2 nitrogen and oxygen atoms in total. The normalized spacial score (nSPS) is 35.0. The summed E-state index contributed by atoms with van der Waals surface area (Å²) in [5.74, 6) is 0.626. The third-order valence-corrected chi connectivity index (χ3v) is 3.06. The first-order chi connectivity index (χ1) is 5.19. The molecule has 0 aromatic rings. The number of hydrogen-bond acceptors (Lipinski definition) is 1. The average Bonchev–Trinajstić information content (AvgIpc) is 1.96. The van der Waals surface area contributed by atoms with Crippen molar-refractivity contribution in [2.45, 2.75) is 45.1 Å². The van der Waals surface area contributed by atoms with Crippen LogP contribution in [-0.4, -0.2) is 11.9 Å². The molecule has 3 heteroatoms. The van der Waals surface area contributed by atoms with Crippen molar-refractivity contribution in [3.8, 4) is 0 Å². The predicted octanol–water partition coefficient (Wildman–Crippen LogP) is 2.12. The van der Waals surface area contributed by atoms with Gasteiger partial charge in [0.15, 0.2) is 0 Å². The molecule has 1 aliphatic carbocycles. The molecule has 1 amide bonds. The van der Waals surface area contributed by atoms with Crippen LogP contribution in [0.2, 0.25) is 0 Å². The summed E-state index contributed by atoms with van der Waals surface area (Å²) in [6.07, 6.45) is 5.78. The zero-order valence-corrected chi connectivity index (χ0v) is 8.62. The molecule has 2 unspecified atom stereocenters. The quantitative estimate of drug-likeness (QED) is 0.666. The summed E-state index contributed by atoms with van der Waals surface area (Å²) < 4.78 is 0. The molecule has 1 rings (SSSR count). The van der Waals surface area contributed by atoms with E-state index >= 15 is 0 Å². The monoisotopic (exact) mass is 191 g/mol. The Balaban J connectivity index is 0.00000121. The zero-order valence-electron chi connectivity index (χ0n) is 7.80. The van der Waals surface area contributed by atoms with E-state index in [1.165, 1.54) is 19.3 Å². The largest absolute Gasteiger partial charge is 0.353 e. The van der Waals surface area contributed by atoms with Gasteiger partial charge in [-0.2, -0.15) is 0 Å². The summed E-state index contributed by atoms with van der Waals surface area (Å²) in [7, 11) is 0. The van der Waals surface area contributed by atoms with Gasteiger partial charge in [0, 0.05) is 5.54 Å². The van der Waals surface area contributed by atoms with E-state index in [2.05, 4.69) is 19.2 Å². The topological polar surface area (TPSA) is 29.1 Å². The molecule has 0 heterocycles. The molecule has 1 aliphatic rings. The van der Waals surface area contributed by atoms with Crippen LogP contribution >= 0.6 is 12.4 Å². The van der Waals surface area contributed by atoms with Crippen molar-refractivity contribution in [1.29, 1.82) is 0 Å². The summed E-state index contributed by atoms with van der Waals surface area (Å²) >= 11 is 0. The van der Waals surface area contributed by atoms with Gasteiger partial charge in [0.25, 0.3) is 0 Å². The number of hydrogen-bond donors (Lipinski definition) is 1. The SMILES string of the molecule is CC1CCCCC1(C)NC=O.Cl. The Bertz CT molecular complexity index is 151. The first-order valence-corrected chi connectivity index (χ1v) is 4.40. The highest BCUT2D eigenvalue weighted by Crippen LogP contribution is 2.32. The van der Waals surface area contributed by atoms with Crippen molar-refractivity contribution in [2.24, 2.45) is 5.92 Å². The van der Waals surface area contributed by atoms with E-state index in [0.717, 1.165) is 12.8 Å². The molecule has 0 saturated heterocycles. The van der Waals surface area contributed by atoms with Crippen LogP contribution in [0.5, 0.6) is 0 Å². The van der Waals surface area contributed by atoms with E-state index in [1.54, 1.807) is 0 Å². The van der Waals surface area contributed by atoms with Crippen LogP contribution in [-0.2, 0) is 4.79 Å². The van der Waals surface area contributed by atoms with Crippen molar-refractivity contribution < 1.29 is 4.79 Å². The second kappa shape index (κ2) is 4.70. The van der Waals surface area contributed by atoms with Crippen LogP contribution in [0.25, 0.3) is 0 Å². The van der Waals surface area contributed by atoms with Gasteiger partial charge < -0.3 is 5.32 Å². The Morgan fingerprint density at radius 2 is 2.17 bits per heavy atom. The Morgan fingerprint density at radius 1 is 1.50 bits per heavy atom. The van der Waals surface area contributed by atoms with E-state index in [1.807, 2.05) is 0 Å². The fourth-order valence-corrected chi connectivity index (χ4v) is 1.86. The van der Waals surface area contributed by atoms with E-state index in [4.69, 9.17) is 0 Å². The Morgan fingerprint density at radius 3 is 2.67 bits per heavy atom. The minimum Gasteiger partial charge on any atom is -0.353 e. The third kappa shape index (κ3) is 2.37. The molecule has 1 N–H and O–H groups in total. The van der Waals surface area contributed by atoms with Gasteiger partial charge in [-0.1, -0.05) is 19.8 Å². The lowest BCUT2D eigenvalue weighted by Crippen LogP contribution is -2.48. The van der Waals surface area contributed by atoms with Crippen LogP contribution in [0.1, 0.15) is 39.5 Å². The lowest BCUT2D eigenvalue weighted by Gasteiger charge is -2.39. The summed E-state index contributed by atoms with van der Waals surface area (Å²) in [5.41, 5.74) is 0.0694. The molecule has 12 heavy (non-hydrogen) atoms. The summed E-state index contributed by atoms with van der Waals surface area (Å²) in [5, 5.41) is 2.93. The van der Waals surface area contributed by atoms with Crippen molar-refractivity contribution in [1.82, 2.24) is 5.32 Å². The maximum absolute atomic E-state index is 10.3. The van der Waals surface area contributed by atoms with Crippen molar-refractivity contribution >= 4 is 18.8 Å². The molecule has 0 aliphatic heterocycles. The molecule has 0 radical (unpaired) electrons. The Labute approximate surface area is 80.5 Å². The molecule has 0 aromatic heterocycles. The maximum Gasteiger partial charge on any atom is 0.207 e. The Kier molecular flexibility index (Phi) is 4.61. The predicted molar refractivity (Wildman–Crippen MR) is 52.5 cm³/mol. The van der Waals surface area contributed by atoms with E-state index in [-0.39, 0.29) is 17.9 Å². The van der Waals surface area contributed by atoms with Gasteiger partial charge in [0.1, 0.15) is 0 Å². The number of amides is 1. The highest BCUT2D eigenvalue weighted by Gasteiger charge is 2.32. The first kappa shape index (κ1) is 11.8. The molecule has 72 valence electrons. The molecule has 0 bridgehead atoms. The number of rotatable bonds is 2. The lowest BCUT2D eigenvalue weighted by molar-refractivity contribution is -0.112. The molecular formula is C9H18ClNO. The van der Waals surface area contributed by atoms with Crippen LogP contribution in [0.15, 0.2) is 0 Å². The van der Waals surface area contributed by atoms with Gasteiger partial charge in [0.2, 0.25) is 6.41 Å². The van der Waals surface area contributed by atoms with Crippen LogP contribution in [0.3, 0.4) is 0 Å². The molecular weight excluding hydrogens is 174 g/mol. The summed E-state index contributed by atoms with van der Waals surface area (Å²) in [6, 6.07) is 0. The first-order valence-electron chi connectivity index (χ1n) is 4.40. The third-order valence-electron chi connectivity index (χ3n) is 3.06. The van der Waals surface area contributed by atoms with Crippen molar-refractivity contribution in [2.75, 3.05) is 0 Å². The number of halogens is 1. The van der Waals surface area contributed by atoms with Gasteiger partial charge in [-0.3, -0.25) is 4.79 Å². The van der Waals surface area contributed by atoms with Gasteiger partial charge >= 0.3 is 0 Å². The van der Waals surface area contributed by atoms with E-state index in [0.29, 0.717) is 5.92 Å². The molecule has 0 aromatic carbocycles. The van der Waals surface area contributed by atoms with Gasteiger partial charge in [-0.25, -0.2) is 0 Å². The second-order valence-electron chi connectivity index (χ2n) is 3.83. The van der Waals surface area contributed by atoms with Crippen molar-refractivity contribution in [3.63, 3.8) is 0 Å². The average molecular weight is 192 g/mol. The summed E-state index contributed by atoms with van der Waals surface area (Å²) in [4.78, 5) is 10.3. The fourth-order valence-electron chi connectivity index (χ4n) is 1.86. The number of carbonyl (C=O) groups is 1. The van der Waals surface area contributed by atoms with Crippen molar-refractivity contribution in [3.05, 3.63) is 0 Å². The standard InChI is InChI=1S/C9H17NO.ClH/c1-8-5-3-4-6-9(8,2)10-7-11;/h7-8H,3-6H2,1-2H3,(H,10,11);1H. The van der Waals surface area contributed by atoms with Crippen LogP contribution in [0, 0.1) is 5.92 Å². The second-order valence-corrected chi connectivity index (χ2v) is 3.83. The summed E-state index contributed by atoms with van der Waals surface area (Å²) in [6.45, 7) is 4.36. The minimum absolute atomic E-state index is 0. The zero-order chi connectivity index (χ0) is 8.32. The molecule has 2 atom stereocenters. The maximum atomic E-state index is 10.3. The fraction of sp³-hybridized carbons (Fsp3) is 0.889. The number of nitrogens with one attached hydrogen (secondary N) is 1. The van der Waals surface area contributed by atoms with Crippen LogP contribution < -0.4 is 5.32 Å². The molecule has 1 saturated carbocycles. The molecule has 1 fully saturated rings. The minimum atomic E-state index is 0. The van der Waals surface area contributed by atoms with Crippen LogP contribution in [0.4, 0.5) is 0 Å². The van der Waals surface area contributed by atoms with Gasteiger partial charge in [-0.05, 0) is 25.7 Å². The lowest BCUT2D eigenvalue weighted by atomic mass is 9.75. The Hall–Kier alpha value is -0.240. The van der Waals surface area contributed by atoms with Gasteiger partial charge in [0.05, 0.1) is 0 Å². The highest BCUT2D eigenvalue weighted by atomic mass is 35.5. The smallest absolute Gasteiger partial charge is 0.207 e. The van der Waals surface area contributed by atoms with Gasteiger partial charge in [-0.15, -0.1) is 12.4 Å². The van der Waals surface area contributed by atoms with E-state index in [9.17, 15) is 4.79 Å². The number of carbonyl (C=O) groups excluding carboxylic acids is 1. The molecule has 0 spiro atoms. The highest BCUT2D eigenvalue weighted by molar-refractivity contribution is 5.85. The van der Waals surface area contributed by atoms with E-state index < -0.39 is 0 Å².